The Bertz CT molecular complexity index is 446. The number of aliphatic carboxylic acids is 1. The Morgan fingerprint density at radius 2 is 1.65 bits per heavy atom. The van der Waals surface area contributed by atoms with Crippen molar-refractivity contribution in [2.45, 2.75) is 51.9 Å². The molecular formula is C17H28N2O4. The average molecular weight is 324 g/mol. The lowest BCUT2D eigenvalue weighted by Crippen LogP contribution is -2.47. The van der Waals surface area contributed by atoms with Gasteiger partial charge >= 0.3 is 5.97 Å². The number of carbonyl (C=O) groups is 3. The summed E-state index contributed by atoms with van der Waals surface area (Å²) in [5.74, 6) is -1.64. The van der Waals surface area contributed by atoms with Gasteiger partial charge in [0.2, 0.25) is 11.8 Å². The van der Waals surface area contributed by atoms with Crippen LogP contribution in [0, 0.1) is 11.8 Å². The van der Waals surface area contributed by atoms with E-state index in [2.05, 4.69) is 0 Å². The molecule has 1 saturated heterocycles. The zero-order valence-corrected chi connectivity index (χ0v) is 14.0. The highest BCUT2D eigenvalue weighted by atomic mass is 16.4. The molecule has 2 fully saturated rings. The lowest BCUT2D eigenvalue weighted by atomic mass is 9.77. The van der Waals surface area contributed by atoms with Gasteiger partial charge in [0.15, 0.2) is 0 Å². The standard InChI is InChI=1S/C17H28N2O4/c1-2-9-19(12-15(20)21)17(23)14-8-4-3-7-13(14)16(22)18-10-5-6-11-18/h13-14H,2-12H2,1H3,(H,20,21). The lowest BCUT2D eigenvalue weighted by Gasteiger charge is -2.35. The Labute approximate surface area is 137 Å². The first-order valence-corrected chi connectivity index (χ1v) is 8.84. The number of hydrogen-bond donors (Lipinski definition) is 1. The summed E-state index contributed by atoms with van der Waals surface area (Å²) in [5, 5.41) is 9.04. The molecule has 6 nitrogen and oxygen atoms in total. The molecule has 2 unspecified atom stereocenters. The van der Waals surface area contributed by atoms with Crippen molar-refractivity contribution in [3.05, 3.63) is 0 Å². The summed E-state index contributed by atoms with van der Waals surface area (Å²) < 4.78 is 0. The van der Waals surface area contributed by atoms with Gasteiger partial charge in [-0.2, -0.15) is 0 Å². The molecule has 1 aliphatic carbocycles. The van der Waals surface area contributed by atoms with Crippen LogP contribution in [0.3, 0.4) is 0 Å². The summed E-state index contributed by atoms with van der Waals surface area (Å²) in [6.45, 7) is 3.68. The summed E-state index contributed by atoms with van der Waals surface area (Å²) in [7, 11) is 0. The molecule has 0 spiro atoms. The first-order chi connectivity index (χ1) is 11.0. The highest BCUT2D eigenvalue weighted by Crippen LogP contribution is 2.33. The number of carboxylic acid groups (broad SMARTS) is 1. The SMILES string of the molecule is CCCN(CC(=O)O)C(=O)C1CCCCC1C(=O)N1CCCC1. The highest BCUT2D eigenvalue weighted by molar-refractivity contribution is 5.89. The van der Waals surface area contributed by atoms with Crippen LogP contribution in [0.25, 0.3) is 0 Å². The summed E-state index contributed by atoms with van der Waals surface area (Å²) in [6, 6.07) is 0. The highest BCUT2D eigenvalue weighted by Gasteiger charge is 2.40. The maximum absolute atomic E-state index is 12.8. The van der Waals surface area contributed by atoms with E-state index in [-0.39, 0.29) is 30.2 Å². The molecular weight excluding hydrogens is 296 g/mol. The summed E-state index contributed by atoms with van der Waals surface area (Å²) in [5.41, 5.74) is 0. The third-order valence-electron chi connectivity index (χ3n) is 4.95. The van der Waals surface area contributed by atoms with E-state index >= 15 is 0 Å². The molecule has 0 aromatic rings. The van der Waals surface area contributed by atoms with Crippen LogP contribution in [0.5, 0.6) is 0 Å². The second-order valence-corrected chi connectivity index (χ2v) is 6.68. The number of likely N-dealkylation sites (tertiary alicyclic amines) is 1. The van der Waals surface area contributed by atoms with Gasteiger partial charge < -0.3 is 14.9 Å². The van der Waals surface area contributed by atoms with Crippen molar-refractivity contribution in [3.63, 3.8) is 0 Å². The van der Waals surface area contributed by atoms with E-state index in [0.29, 0.717) is 13.0 Å². The molecule has 6 heteroatoms. The summed E-state index contributed by atoms with van der Waals surface area (Å²) in [6.07, 6.45) is 6.15. The third-order valence-corrected chi connectivity index (χ3v) is 4.95. The Hall–Kier alpha value is -1.59. The van der Waals surface area contributed by atoms with Crippen LogP contribution in [-0.4, -0.2) is 58.9 Å². The molecule has 23 heavy (non-hydrogen) atoms. The van der Waals surface area contributed by atoms with Gasteiger partial charge in [0.05, 0.1) is 0 Å². The summed E-state index contributed by atoms with van der Waals surface area (Å²) >= 11 is 0. The summed E-state index contributed by atoms with van der Waals surface area (Å²) in [4.78, 5) is 39.9. The molecule has 1 heterocycles. The van der Waals surface area contributed by atoms with Crippen LogP contribution in [-0.2, 0) is 14.4 Å². The molecule has 2 atom stereocenters. The smallest absolute Gasteiger partial charge is 0.323 e. The van der Waals surface area contributed by atoms with E-state index in [1.807, 2.05) is 11.8 Å². The van der Waals surface area contributed by atoms with Crippen LogP contribution in [0.4, 0.5) is 0 Å². The molecule has 0 radical (unpaired) electrons. The predicted octanol–water partition coefficient (Wildman–Crippen LogP) is 1.74. The van der Waals surface area contributed by atoms with Gasteiger partial charge in [-0.1, -0.05) is 19.8 Å². The first-order valence-electron chi connectivity index (χ1n) is 8.84. The maximum Gasteiger partial charge on any atom is 0.323 e. The fourth-order valence-corrected chi connectivity index (χ4v) is 3.83. The molecule has 2 aliphatic rings. The third kappa shape index (κ3) is 4.45. The van der Waals surface area contributed by atoms with Crippen molar-refractivity contribution in [2.24, 2.45) is 11.8 Å². The Kier molecular flexibility index (Phi) is 6.42. The van der Waals surface area contributed by atoms with Gasteiger partial charge in [0, 0.05) is 31.5 Å². The Morgan fingerprint density at radius 3 is 2.22 bits per heavy atom. The lowest BCUT2D eigenvalue weighted by molar-refractivity contribution is -0.151. The number of carboxylic acids is 1. The van der Waals surface area contributed by atoms with E-state index in [1.165, 1.54) is 4.90 Å². The molecule has 1 N–H and O–H groups in total. The minimum Gasteiger partial charge on any atom is -0.480 e. The zero-order valence-electron chi connectivity index (χ0n) is 14.0. The van der Waals surface area contributed by atoms with Gasteiger partial charge in [-0.3, -0.25) is 14.4 Å². The topological polar surface area (TPSA) is 77.9 Å². The largest absolute Gasteiger partial charge is 0.480 e. The normalized spacial score (nSPS) is 24.5. The average Bonchev–Trinajstić information content (AvgIpc) is 3.07. The molecule has 0 bridgehead atoms. The molecule has 130 valence electrons. The molecule has 1 aliphatic heterocycles. The van der Waals surface area contributed by atoms with E-state index in [0.717, 1.165) is 51.6 Å². The van der Waals surface area contributed by atoms with E-state index in [1.54, 1.807) is 0 Å². The number of carbonyl (C=O) groups excluding carboxylic acids is 2. The molecule has 0 aromatic heterocycles. The van der Waals surface area contributed by atoms with Gasteiger partial charge in [-0.25, -0.2) is 0 Å². The number of rotatable bonds is 6. The van der Waals surface area contributed by atoms with Crippen molar-refractivity contribution in [2.75, 3.05) is 26.2 Å². The Balaban J connectivity index is 2.10. The molecule has 2 rings (SSSR count). The van der Waals surface area contributed by atoms with Crippen LogP contribution in [0.2, 0.25) is 0 Å². The van der Waals surface area contributed by atoms with Crippen molar-refractivity contribution >= 4 is 17.8 Å². The van der Waals surface area contributed by atoms with Crippen LogP contribution in [0.15, 0.2) is 0 Å². The van der Waals surface area contributed by atoms with Crippen LogP contribution in [0.1, 0.15) is 51.9 Å². The predicted molar refractivity (Wildman–Crippen MR) is 85.8 cm³/mol. The Morgan fingerprint density at radius 1 is 1.04 bits per heavy atom. The van der Waals surface area contributed by atoms with E-state index in [9.17, 15) is 14.4 Å². The fourth-order valence-electron chi connectivity index (χ4n) is 3.83. The van der Waals surface area contributed by atoms with Crippen molar-refractivity contribution in [1.82, 2.24) is 9.80 Å². The minimum atomic E-state index is -0.995. The van der Waals surface area contributed by atoms with E-state index < -0.39 is 5.97 Å². The maximum atomic E-state index is 12.8. The molecule has 0 aromatic carbocycles. The molecule has 2 amide bonds. The number of nitrogens with zero attached hydrogens (tertiary/aromatic N) is 2. The molecule has 1 saturated carbocycles. The second kappa shape index (κ2) is 8.31. The first kappa shape index (κ1) is 17.8. The van der Waals surface area contributed by atoms with Crippen molar-refractivity contribution in [1.29, 1.82) is 0 Å². The van der Waals surface area contributed by atoms with Crippen LogP contribution < -0.4 is 0 Å². The van der Waals surface area contributed by atoms with Gasteiger partial charge in [-0.05, 0) is 32.1 Å². The quantitative estimate of drug-likeness (QED) is 0.807. The van der Waals surface area contributed by atoms with Crippen molar-refractivity contribution in [3.8, 4) is 0 Å². The zero-order chi connectivity index (χ0) is 16.8. The fraction of sp³-hybridized carbons (Fsp3) is 0.824. The van der Waals surface area contributed by atoms with Crippen molar-refractivity contribution < 1.29 is 19.5 Å². The number of hydrogen-bond acceptors (Lipinski definition) is 3. The monoisotopic (exact) mass is 324 g/mol. The van der Waals surface area contributed by atoms with Gasteiger partial charge in [-0.15, -0.1) is 0 Å². The minimum absolute atomic E-state index is 0.104. The second-order valence-electron chi connectivity index (χ2n) is 6.68. The van der Waals surface area contributed by atoms with Crippen LogP contribution >= 0.6 is 0 Å². The van der Waals surface area contributed by atoms with Gasteiger partial charge in [0.25, 0.3) is 0 Å². The number of amides is 2. The van der Waals surface area contributed by atoms with E-state index in [4.69, 9.17) is 5.11 Å². The van der Waals surface area contributed by atoms with Gasteiger partial charge in [0.1, 0.15) is 6.54 Å².